The zero-order chi connectivity index (χ0) is 12.0. The third kappa shape index (κ3) is 5.44. The fourth-order valence-corrected chi connectivity index (χ4v) is 1.09. The molecule has 5 heteroatoms. The van der Waals surface area contributed by atoms with Gasteiger partial charge in [-0.1, -0.05) is 6.92 Å². The predicted octanol–water partition coefficient (Wildman–Crippen LogP) is -0.735. The van der Waals surface area contributed by atoms with E-state index in [1.165, 1.54) is 0 Å². The highest BCUT2D eigenvalue weighted by molar-refractivity contribution is 4.80. The van der Waals surface area contributed by atoms with Gasteiger partial charge >= 0.3 is 0 Å². The molecule has 0 aliphatic heterocycles. The molecule has 0 saturated heterocycles. The number of ether oxygens (including phenoxy) is 1. The summed E-state index contributed by atoms with van der Waals surface area (Å²) in [7, 11) is 0. The lowest BCUT2D eigenvalue weighted by molar-refractivity contribution is -0.126. The van der Waals surface area contributed by atoms with E-state index in [2.05, 4.69) is 0 Å². The van der Waals surface area contributed by atoms with E-state index >= 15 is 0 Å². The first-order valence-corrected chi connectivity index (χ1v) is 5.24. The normalized spacial score (nSPS) is 20.0. The molecule has 0 unspecified atom stereocenters. The van der Waals surface area contributed by atoms with Gasteiger partial charge < -0.3 is 25.2 Å². The van der Waals surface area contributed by atoms with Gasteiger partial charge in [-0.3, -0.25) is 0 Å². The molecule has 5 nitrogen and oxygen atoms in total. The molecule has 0 aromatic rings. The Hall–Kier alpha value is -0.200. The molecule has 0 amide bonds. The highest BCUT2D eigenvalue weighted by Crippen LogP contribution is 2.08. The van der Waals surface area contributed by atoms with Gasteiger partial charge in [-0.15, -0.1) is 0 Å². The molecule has 0 spiro atoms. The van der Waals surface area contributed by atoms with Crippen LogP contribution in [0.5, 0.6) is 0 Å². The molecule has 92 valence electrons. The van der Waals surface area contributed by atoms with Crippen LogP contribution in [0, 0.1) is 0 Å². The highest BCUT2D eigenvalue weighted by Gasteiger charge is 2.29. The zero-order valence-electron chi connectivity index (χ0n) is 9.50. The van der Waals surface area contributed by atoms with Gasteiger partial charge in [0, 0.05) is 0 Å². The van der Waals surface area contributed by atoms with Crippen LogP contribution in [0.25, 0.3) is 0 Å². The second-order valence-corrected chi connectivity index (χ2v) is 3.91. The van der Waals surface area contributed by atoms with Crippen molar-refractivity contribution in [2.45, 2.75) is 57.7 Å². The molecule has 0 saturated carbocycles. The van der Waals surface area contributed by atoms with E-state index in [9.17, 15) is 20.4 Å². The molecular formula is C10H22O5. The fraction of sp³-hybridized carbons (Fsp3) is 1.00. The molecule has 0 aromatic heterocycles. The van der Waals surface area contributed by atoms with Crippen molar-refractivity contribution in [3.8, 4) is 0 Å². The summed E-state index contributed by atoms with van der Waals surface area (Å²) < 4.78 is 5.09. The Balaban J connectivity index is 4.01. The summed E-state index contributed by atoms with van der Waals surface area (Å²) in [6, 6.07) is 0. The Morgan fingerprint density at radius 2 is 1.40 bits per heavy atom. The minimum absolute atomic E-state index is 0.0555. The van der Waals surface area contributed by atoms with Gasteiger partial charge in [0.15, 0.2) is 0 Å². The zero-order valence-corrected chi connectivity index (χ0v) is 9.50. The Labute approximate surface area is 90.3 Å². The molecular weight excluding hydrogens is 200 g/mol. The molecule has 0 radical (unpaired) electrons. The predicted molar refractivity (Wildman–Crippen MR) is 55.4 cm³/mol. The minimum Gasteiger partial charge on any atom is -0.390 e. The minimum atomic E-state index is -1.39. The summed E-state index contributed by atoms with van der Waals surface area (Å²) >= 11 is 0. The van der Waals surface area contributed by atoms with Crippen molar-refractivity contribution in [2.75, 3.05) is 6.61 Å². The van der Waals surface area contributed by atoms with Gasteiger partial charge in [0.2, 0.25) is 0 Å². The average molecular weight is 222 g/mol. The fourth-order valence-electron chi connectivity index (χ4n) is 1.09. The van der Waals surface area contributed by atoms with Crippen molar-refractivity contribution in [3.63, 3.8) is 0 Å². The molecule has 0 aliphatic carbocycles. The van der Waals surface area contributed by atoms with E-state index < -0.39 is 24.4 Å². The summed E-state index contributed by atoms with van der Waals surface area (Å²) in [4.78, 5) is 0. The monoisotopic (exact) mass is 222 g/mol. The summed E-state index contributed by atoms with van der Waals surface area (Å²) in [6.07, 6.45) is -4.70. The molecule has 4 N–H and O–H groups in total. The maximum atomic E-state index is 9.46. The number of hydrogen-bond acceptors (Lipinski definition) is 5. The van der Waals surface area contributed by atoms with Gasteiger partial charge in [-0.05, 0) is 20.3 Å². The topological polar surface area (TPSA) is 90.2 Å². The number of rotatable bonds is 7. The summed E-state index contributed by atoms with van der Waals surface area (Å²) in [5.74, 6) is 0. The second kappa shape index (κ2) is 7.14. The molecule has 0 rings (SSSR count). The average Bonchev–Trinajstić information content (AvgIpc) is 2.22. The Morgan fingerprint density at radius 3 is 1.80 bits per heavy atom. The Morgan fingerprint density at radius 1 is 0.933 bits per heavy atom. The maximum absolute atomic E-state index is 9.46. The first-order chi connectivity index (χ1) is 6.90. The van der Waals surface area contributed by atoms with Crippen LogP contribution in [-0.4, -0.2) is 57.6 Å². The molecule has 0 aromatic carbocycles. The molecule has 15 heavy (non-hydrogen) atoms. The quantitative estimate of drug-likeness (QED) is 0.456. The molecule has 0 aliphatic rings. The van der Waals surface area contributed by atoms with Crippen molar-refractivity contribution in [1.29, 1.82) is 0 Å². The summed E-state index contributed by atoms with van der Waals surface area (Å²) in [5, 5.41) is 37.6. The lowest BCUT2D eigenvalue weighted by Gasteiger charge is -2.26. The van der Waals surface area contributed by atoms with Crippen molar-refractivity contribution in [3.05, 3.63) is 0 Å². The van der Waals surface area contributed by atoms with Gasteiger partial charge in [0.1, 0.15) is 18.3 Å². The lowest BCUT2D eigenvalue weighted by Crippen LogP contribution is -2.46. The van der Waals surface area contributed by atoms with E-state index in [1.54, 1.807) is 20.8 Å². The second-order valence-electron chi connectivity index (χ2n) is 3.91. The van der Waals surface area contributed by atoms with Crippen molar-refractivity contribution in [2.24, 2.45) is 0 Å². The van der Waals surface area contributed by atoms with E-state index in [4.69, 9.17) is 4.74 Å². The Bertz CT molecular complexity index is 162. The van der Waals surface area contributed by atoms with Crippen molar-refractivity contribution < 1.29 is 25.2 Å². The third-order valence-corrected chi connectivity index (χ3v) is 2.16. The maximum Gasteiger partial charge on any atom is 0.110 e. The van der Waals surface area contributed by atoms with Crippen LogP contribution in [0.15, 0.2) is 0 Å². The molecule has 0 fully saturated rings. The summed E-state index contributed by atoms with van der Waals surface area (Å²) in [6.45, 7) is 5.22. The third-order valence-electron chi connectivity index (χ3n) is 2.16. The van der Waals surface area contributed by atoms with Gasteiger partial charge in [0.05, 0.1) is 18.8 Å². The van der Waals surface area contributed by atoms with Crippen molar-refractivity contribution in [1.82, 2.24) is 0 Å². The first-order valence-electron chi connectivity index (χ1n) is 5.24. The van der Waals surface area contributed by atoms with Crippen LogP contribution >= 0.6 is 0 Å². The van der Waals surface area contributed by atoms with Crippen LogP contribution in [0.4, 0.5) is 0 Å². The van der Waals surface area contributed by atoms with Crippen LogP contribution in [-0.2, 0) is 4.74 Å². The molecule has 0 heterocycles. The smallest absolute Gasteiger partial charge is 0.110 e. The summed E-state index contributed by atoms with van der Waals surface area (Å²) in [5.41, 5.74) is 0. The lowest BCUT2D eigenvalue weighted by atomic mass is 10.0. The van der Waals surface area contributed by atoms with E-state index in [-0.39, 0.29) is 12.7 Å². The van der Waals surface area contributed by atoms with Crippen LogP contribution in [0.3, 0.4) is 0 Å². The van der Waals surface area contributed by atoms with E-state index in [1.807, 2.05) is 0 Å². The standard InChI is InChI=1S/C10H22O5/c1-4-7(11)9(13)10(14)8(12)5-15-6(2)3/h6-14H,4-5H2,1-3H3/t7-,8+,9+,10+/m0/s1. The van der Waals surface area contributed by atoms with Gasteiger partial charge in [-0.25, -0.2) is 0 Å². The number of aliphatic hydroxyl groups excluding tert-OH is 4. The van der Waals surface area contributed by atoms with Crippen LogP contribution < -0.4 is 0 Å². The largest absolute Gasteiger partial charge is 0.390 e. The van der Waals surface area contributed by atoms with Gasteiger partial charge in [-0.2, -0.15) is 0 Å². The Kier molecular flexibility index (Phi) is 7.04. The van der Waals surface area contributed by atoms with E-state index in [0.717, 1.165) is 0 Å². The first kappa shape index (κ1) is 14.8. The van der Waals surface area contributed by atoms with Crippen LogP contribution in [0.2, 0.25) is 0 Å². The van der Waals surface area contributed by atoms with E-state index in [0.29, 0.717) is 6.42 Å². The number of hydrogen-bond donors (Lipinski definition) is 4. The molecule has 4 atom stereocenters. The van der Waals surface area contributed by atoms with Crippen LogP contribution in [0.1, 0.15) is 27.2 Å². The highest BCUT2D eigenvalue weighted by atomic mass is 16.5. The number of aliphatic hydroxyl groups is 4. The SMILES string of the molecule is CC[C@H](O)[C@@H](O)[C@H](O)[C@H](O)COC(C)C. The van der Waals surface area contributed by atoms with Crippen molar-refractivity contribution >= 4 is 0 Å². The van der Waals surface area contributed by atoms with Gasteiger partial charge in [0.25, 0.3) is 0 Å². The molecule has 0 bridgehead atoms.